The summed E-state index contributed by atoms with van der Waals surface area (Å²) in [4.78, 5) is 25.7. The van der Waals surface area contributed by atoms with Crippen LogP contribution in [0.3, 0.4) is 0 Å². The van der Waals surface area contributed by atoms with E-state index in [-0.39, 0.29) is 17.9 Å². The van der Waals surface area contributed by atoms with Crippen LogP contribution in [0.15, 0.2) is 42.5 Å². The highest BCUT2D eigenvalue weighted by Gasteiger charge is 2.21. The van der Waals surface area contributed by atoms with Gasteiger partial charge in [0.05, 0.1) is 22.8 Å². The van der Waals surface area contributed by atoms with Crippen molar-refractivity contribution in [3.05, 3.63) is 69.2 Å². The van der Waals surface area contributed by atoms with E-state index >= 15 is 0 Å². The van der Waals surface area contributed by atoms with Crippen LogP contribution in [0.5, 0.6) is 0 Å². The Balaban J connectivity index is 1.40. The maximum absolute atomic E-state index is 12.1. The molecule has 0 aliphatic carbocycles. The van der Waals surface area contributed by atoms with Crippen LogP contribution in [0, 0.1) is 0 Å². The third-order valence-corrected chi connectivity index (χ3v) is 5.66. The summed E-state index contributed by atoms with van der Waals surface area (Å²) >= 11 is 12.1. The standard InChI is InChI=1S/C22H25Cl2N3O3/c1-15(28)18-5-2-16(3-6-18)11-25-22(29)26-12-19-14-27(8-9-30-19)13-17-4-7-20(23)21(24)10-17/h2-7,10,19H,8-9,11-14H2,1H3,(H2,25,26,29)/t19-/m0/s1. The van der Waals surface area contributed by atoms with Gasteiger partial charge in [-0.25, -0.2) is 4.79 Å². The lowest BCUT2D eigenvalue weighted by Gasteiger charge is -2.33. The minimum Gasteiger partial charge on any atom is -0.374 e. The minimum atomic E-state index is -0.254. The van der Waals surface area contributed by atoms with Gasteiger partial charge in [0.15, 0.2) is 5.78 Å². The number of hydrogen-bond donors (Lipinski definition) is 2. The number of carbonyl (C=O) groups is 2. The first-order chi connectivity index (χ1) is 14.4. The van der Waals surface area contributed by atoms with Crippen molar-refractivity contribution in [1.82, 2.24) is 15.5 Å². The molecule has 2 amide bonds. The SMILES string of the molecule is CC(=O)c1ccc(CNC(=O)NC[C@H]2CN(Cc3ccc(Cl)c(Cl)c3)CCO2)cc1. The summed E-state index contributed by atoms with van der Waals surface area (Å²) in [6, 6.07) is 12.6. The van der Waals surface area contributed by atoms with E-state index in [9.17, 15) is 9.59 Å². The number of morpholine rings is 1. The highest BCUT2D eigenvalue weighted by atomic mass is 35.5. The number of amides is 2. The van der Waals surface area contributed by atoms with Crippen molar-refractivity contribution in [2.24, 2.45) is 0 Å². The van der Waals surface area contributed by atoms with Crippen LogP contribution in [0.25, 0.3) is 0 Å². The van der Waals surface area contributed by atoms with E-state index in [0.717, 1.165) is 24.2 Å². The number of hydrogen-bond acceptors (Lipinski definition) is 4. The molecule has 30 heavy (non-hydrogen) atoms. The number of ether oxygens (including phenoxy) is 1. The number of carbonyl (C=O) groups excluding carboxylic acids is 2. The summed E-state index contributed by atoms with van der Waals surface area (Å²) in [6.45, 7) is 5.23. The zero-order chi connectivity index (χ0) is 21.5. The largest absolute Gasteiger partial charge is 0.374 e. The van der Waals surface area contributed by atoms with E-state index in [4.69, 9.17) is 27.9 Å². The number of ketones is 1. The van der Waals surface area contributed by atoms with Gasteiger partial charge in [-0.1, -0.05) is 53.5 Å². The maximum atomic E-state index is 12.1. The summed E-state index contributed by atoms with van der Waals surface area (Å²) in [5.74, 6) is 0.0212. The lowest BCUT2D eigenvalue weighted by molar-refractivity contribution is -0.0287. The normalized spacial score (nSPS) is 16.8. The molecule has 3 rings (SSSR count). The van der Waals surface area contributed by atoms with Crippen LogP contribution < -0.4 is 10.6 Å². The number of halogens is 2. The number of benzene rings is 2. The lowest BCUT2D eigenvalue weighted by Crippen LogP contribution is -2.48. The summed E-state index contributed by atoms with van der Waals surface area (Å²) in [5, 5.41) is 6.77. The fourth-order valence-electron chi connectivity index (χ4n) is 3.25. The Morgan fingerprint density at radius 1 is 1.07 bits per heavy atom. The van der Waals surface area contributed by atoms with Crippen LogP contribution in [-0.4, -0.2) is 49.1 Å². The molecule has 0 saturated carbocycles. The zero-order valence-electron chi connectivity index (χ0n) is 16.8. The fraction of sp³-hybridized carbons (Fsp3) is 0.364. The van der Waals surface area contributed by atoms with E-state index in [1.165, 1.54) is 6.92 Å². The molecule has 2 aromatic carbocycles. The molecule has 0 spiro atoms. The van der Waals surface area contributed by atoms with Gasteiger partial charge in [0, 0.05) is 38.3 Å². The maximum Gasteiger partial charge on any atom is 0.315 e. The Morgan fingerprint density at radius 3 is 2.50 bits per heavy atom. The van der Waals surface area contributed by atoms with E-state index in [0.29, 0.717) is 41.8 Å². The molecule has 1 saturated heterocycles. The number of rotatable bonds is 7. The van der Waals surface area contributed by atoms with Crippen molar-refractivity contribution in [3.8, 4) is 0 Å². The van der Waals surface area contributed by atoms with Gasteiger partial charge in [-0.15, -0.1) is 0 Å². The van der Waals surface area contributed by atoms with Crippen molar-refractivity contribution < 1.29 is 14.3 Å². The first-order valence-electron chi connectivity index (χ1n) is 9.80. The Hall–Kier alpha value is -2.12. The Bertz CT molecular complexity index is 890. The van der Waals surface area contributed by atoms with Gasteiger partial charge in [-0.2, -0.15) is 0 Å². The second kappa shape index (κ2) is 10.8. The average molecular weight is 450 g/mol. The van der Waals surface area contributed by atoms with Gasteiger partial charge in [0.25, 0.3) is 0 Å². The molecule has 0 bridgehead atoms. The molecular formula is C22H25Cl2N3O3. The summed E-state index contributed by atoms with van der Waals surface area (Å²) in [6.07, 6.45) is -0.0814. The van der Waals surface area contributed by atoms with Gasteiger partial charge < -0.3 is 15.4 Å². The van der Waals surface area contributed by atoms with E-state index in [2.05, 4.69) is 15.5 Å². The van der Waals surface area contributed by atoms with Crippen molar-refractivity contribution in [2.45, 2.75) is 26.1 Å². The molecule has 0 aromatic heterocycles. The van der Waals surface area contributed by atoms with E-state index in [1.807, 2.05) is 24.3 Å². The van der Waals surface area contributed by atoms with Crippen molar-refractivity contribution in [3.63, 3.8) is 0 Å². The van der Waals surface area contributed by atoms with Crippen molar-refractivity contribution in [1.29, 1.82) is 0 Å². The molecule has 0 unspecified atom stereocenters. The highest BCUT2D eigenvalue weighted by Crippen LogP contribution is 2.23. The third-order valence-electron chi connectivity index (χ3n) is 4.92. The number of nitrogens with zero attached hydrogens (tertiary/aromatic N) is 1. The molecule has 8 heteroatoms. The number of nitrogens with one attached hydrogen (secondary N) is 2. The molecule has 1 aliphatic rings. The quantitative estimate of drug-likeness (QED) is 0.628. The lowest BCUT2D eigenvalue weighted by atomic mass is 10.1. The van der Waals surface area contributed by atoms with Crippen LogP contribution in [0.1, 0.15) is 28.4 Å². The Morgan fingerprint density at radius 2 is 1.80 bits per heavy atom. The zero-order valence-corrected chi connectivity index (χ0v) is 18.3. The van der Waals surface area contributed by atoms with Gasteiger partial charge >= 0.3 is 6.03 Å². The predicted octanol–water partition coefficient (Wildman–Crippen LogP) is 3.90. The van der Waals surface area contributed by atoms with Gasteiger partial charge in [-0.05, 0) is 30.2 Å². The summed E-state index contributed by atoms with van der Waals surface area (Å²) in [5.41, 5.74) is 2.67. The molecular weight excluding hydrogens is 425 g/mol. The first kappa shape index (κ1) is 22.6. The van der Waals surface area contributed by atoms with Gasteiger partial charge in [0.2, 0.25) is 0 Å². The van der Waals surface area contributed by atoms with Gasteiger partial charge in [-0.3, -0.25) is 9.69 Å². The Kier molecular flexibility index (Phi) is 8.10. The summed E-state index contributed by atoms with van der Waals surface area (Å²) < 4.78 is 5.77. The highest BCUT2D eigenvalue weighted by molar-refractivity contribution is 6.42. The van der Waals surface area contributed by atoms with Crippen LogP contribution >= 0.6 is 23.2 Å². The number of Topliss-reactive ketones (excluding diaryl/α,β-unsaturated/α-hetero) is 1. The van der Waals surface area contributed by atoms with Gasteiger partial charge in [0.1, 0.15) is 0 Å². The third kappa shape index (κ3) is 6.71. The molecule has 6 nitrogen and oxygen atoms in total. The van der Waals surface area contributed by atoms with E-state index < -0.39 is 0 Å². The molecule has 2 aromatic rings. The molecule has 160 valence electrons. The second-order valence-electron chi connectivity index (χ2n) is 7.29. The van der Waals surface area contributed by atoms with E-state index in [1.54, 1.807) is 18.2 Å². The fourth-order valence-corrected chi connectivity index (χ4v) is 3.57. The summed E-state index contributed by atoms with van der Waals surface area (Å²) in [7, 11) is 0. The first-order valence-corrected chi connectivity index (χ1v) is 10.6. The molecule has 1 fully saturated rings. The Labute approximate surface area is 186 Å². The van der Waals surface area contributed by atoms with Crippen molar-refractivity contribution >= 4 is 35.0 Å². The molecule has 2 N–H and O–H groups in total. The average Bonchev–Trinajstić information content (AvgIpc) is 2.74. The molecule has 1 atom stereocenters. The molecule has 1 aliphatic heterocycles. The van der Waals surface area contributed by atoms with Crippen molar-refractivity contribution in [2.75, 3.05) is 26.2 Å². The second-order valence-corrected chi connectivity index (χ2v) is 8.11. The van der Waals surface area contributed by atoms with Crippen LogP contribution in [0.2, 0.25) is 10.0 Å². The monoisotopic (exact) mass is 449 g/mol. The van der Waals surface area contributed by atoms with Crippen LogP contribution in [-0.2, 0) is 17.8 Å². The molecule has 0 radical (unpaired) electrons. The minimum absolute atomic E-state index is 0.0212. The predicted molar refractivity (Wildman–Crippen MR) is 118 cm³/mol. The van der Waals surface area contributed by atoms with Crippen LogP contribution in [0.4, 0.5) is 4.79 Å². The number of urea groups is 1. The topological polar surface area (TPSA) is 70.7 Å². The smallest absolute Gasteiger partial charge is 0.315 e. The molecule has 1 heterocycles.